The van der Waals surface area contributed by atoms with E-state index in [4.69, 9.17) is 0 Å². The van der Waals surface area contributed by atoms with Gasteiger partial charge in [0.25, 0.3) is 0 Å². The van der Waals surface area contributed by atoms with E-state index in [0.717, 1.165) is 0 Å². The van der Waals surface area contributed by atoms with Gasteiger partial charge < -0.3 is 4.79 Å². The van der Waals surface area contributed by atoms with Gasteiger partial charge in [-0.25, -0.2) is 0 Å². The zero-order valence-electron chi connectivity index (χ0n) is 12.1. The SMILES string of the molecule is O=CCC(F)(F)C(F)(F)C(F)(F)C(F)(F)C(F)(F)C(F)(F)C(F)(F)C(F)(F)Cl. The van der Waals surface area contributed by atoms with Crippen LogP contribution in [0.3, 0.4) is 0 Å². The summed E-state index contributed by atoms with van der Waals surface area (Å²) >= 11 is 3.35. The Hall–Kier alpha value is -1.16. The Morgan fingerprint density at radius 1 is 0.500 bits per heavy atom. The largest absolute Gasteiger partial charge is 0.393 e. The van der Waals surface area contributed by atoms with E-state index < -0.39 is 59.5 Å². The van der Waals surface area contributed by atoms with E-state index in [0.29, 0.717) is 0 Å². The van der Waals surface area contributed by atoms with Crippen molar-refractivity contribution in [3.05, 3.63) is 0 Å². The van der Waals surface area contributed by atoms with Gasteiger partial charge in [-0.1, -0.05) is 0 Å². The first kappa shape index (κ1) is 26.8. The van der Waals surface area contributed by atoms with Crippen LogP contribution in [0.5, 0.6) is 0 Å². The van der Waals surface area contributed by atoms with Gasteiger partial charge >= 0.3 is 46.8 Å². The smallest absolute Gasteiger partial charge is 0.303 e. The van der Waals surface area contributed by atoms with E-state index in [-0.39, 0.29) is 0 Å². The molecule has 0 saturated carbocycles. The highest BCUT2D eigenvalue weighted by atomic mass is 35.5. The molecule has 0 rings (SSSR count). The van der Waals surface area contributed by atoms with Crippen molar-refractivity contribution < 1.29 is 75.0 Å². The van der Waals surface area contributed by atoms with Crippen LogP contribution >= 0.6 is 11.6 Å². The molecule has 168 valence electrons. The highest BCUT2D eigenvalue weighted by Gasteiger charge is 2.94. The number of hydrogen-bond acceptors (Lipinski definition) is 1. The van der Waals surface area contributed by atoms with Gasteiger partial charge in [0.05, 0.1) is 6.42 Å². The molecular formula is C10H3ClF16O. The number of alkyl halides is 17. The summed E-state index contributed by atoms with van der Waals surface area (Å²) < 4.78 is 206. The Morgan fingerprint density at radius 2 is 0.750 bits per heavy atom. The second kappa shape index (κ2) is 6.68. The molecule has 0 aromatic heterocycles. The van der Waals surface area contributed by atoms with Crippen molar-refractivity contribution in [1.82, 2.24) is 0 Å². The summed E-state index contributed by atoms with van der Waals surface area (Å²) in [6, 6.07) is 0. The first-order chi connectivity index (χ1) is 11.8. The van der Waals surface area contributed by atoms with Gasteiger partial charge in [-0.3, -0.25) is 0 Å². The molecule has 0 heterocycles. The van der Waals surface area contributed by atoms with Crippen LogP contribution in [0.4, 0.5) is 70.2 Å². The van der Waals surface area contributed by atoms with Gasteiger partial charge in [-0.05, 0) is 11.6 Å². The van der Waals surface area contributed by atoms with Crippen LogP contribution < -0.4 is 0 Å². The molecule has 0 unspecified atom stereocenters. The molecule has 0 saturated heterocycles. The minimum Gasteiger partial charge on any atom is -0.303 e. The highest BCUT2D eigenvalue weighted by molar-refractivity contribution is 6.22. The van der Waals surface area contributed by atoms with Gasteiger partial charge in [0, 0.05) is 0 Å². The lowest BCUT2D eigenvalue weighted by Crippen LogP contribution is -2.74. The summed E-state index contributed by atoms with van der Waals surface area (Å²) in [7, 11) is 0. The monoisotopic (exact) mass is 478 g/mol. The van der Waals surface area contributed by atoms with Crippen molar-refractivity contribution in [3.63, 3.8) is 0 Å². The molecule has 0 aliphatic rings. The van der Waals surface area contributed by atoms with E-state index in [1.54, 1.807) is 0 Å². The quantitative estimate of drug-likeness (QED) is 0.231. The summed E-state index contributed by atoms with van der Waals surface area (Å²) in [5, 5.41) is -6.81. The summed E-state index contributed by atoms with van der Waals surface area (Å²) in [5.74, 6) is -55.6. The number of halogens is 17. The zero-order chi connectivity index (χ0) is 23.4. The van der Waals surface area contributed by atoms with E-state index in [9.17, 15) is 75.0 Å². The fraction of sp³-hybridized carbons (Fsp3) is 0.900. The van der Waals surface area contributed by atoms with Gasteiger partial charge in [0.2, 0.25) is 0 Å². The van der Waals surface area contributed by atoms with Gasteiger partial charge in [0.1, 0.15) is 6.29 Å². The molecule has 1 nitrogen and oxygen atoms in total. The normalized spacial score (nSPS) is 16.3. The fourth-order valence-electron chi connectivity index (χ4n) is 1.43. The number of carbonyl (C=O) groups excluding carboxylic acids is 1. The standard InChI is InChI=1S/C10H3ClF16O/c11-10(26,27)9(24,25)8(22,23)7(20,21)6(18,19)5(16,17)4(14,15)3(12,13)1-2-28/h2H,1H2. The van der Waals surface area contributed by atoms with E-state index in [2.05, 4.69) is 11.6 Å². The first-order valence-corrected chi connectivity index (χ1v) is 6.34. The maximum atomic E-state index is 13.2. The van der Waals surface area contributed by atoms with Crippen LogP contribution in [-0.4, -0.2) is 53.1 Å². The molecule has 0 aromatic carbocycles. The predicted octanol–water partition coefficient (Wildman–Crippen LogP) is 5.85. The molecule has 28 heavy (non-hydrogen) atoms. The Labute approximate surface area is 147 Å². The van der Waals surface area contributed by atoms with Crippen LogP contribution in [0.15, 0.2) is 0 Å². The molecule has 18 heteroatoms. The number of carbonyl (C=O) groups is 1. The van der Waals surface area contributed by atoms with Gasteiger partial charge in [-0.2, -0.15) is 70.2 Å². The van der Waals surface area contributed by atoms with Crippen molar-refractivity contribution in [2.75, 3.05) is 0 Å². The predicted molar refractivity (Wildman–Crippen MR) is 56.1 cm³/mol. The van der Waals surface area contributed by atoms with Crippen molar-refractivity contribution >= 4 is 17.9 Å². The molecule has 0 aromatic rings. The van der Waals surface area contributed by atoms with Crippen molar-refractivity contribution in [1.29, 1.82) is 0 Å². The third-order valence-electron chi connectivity index (χ3n) is 3.13. The topological polar surface area (TPSA) is 17.1 Å². The molecule has 0 N–H and O–H groups in total. The number of hydrogen-bond donors (Lipinski definition) is 0. The minimum atomic E-state index is -8.50. The lowest BCUT2D eigenvalue weighted by molar-refractivity contribution is -0.448. The van der Waals surface area contributed by atoms with Crippen LogP contribution in [0, 0.1) is 0 Å². The summed E-state index contributed by atoms with van der Waals surface area (Å²) in [5.41, 5.74) is 0. The second-order valence-corrected chi connectivity index (χ2v) is 5.49. The third-order valence-corrected chi connectivity index (χ3v) is 3.36. The minimum absolute atomic E-state index is 1.28. The summed E-state index contributed by atoms with van der Waals surface area (Å²) in [6.45, 7) is 0. The Balaban J connectivity index is 6.67. The molecule has 0 aliphatic heterocycles. The molecule has 0 atom stereocenters. The van der Waals surface area contributed by atoms with Crippen LogP contribution in [0.25, 0.3) is 0 Å². The molecule has 0 aliphatic carbocycles. The summed E-state index contributed by atoms with van der Waals surface area (Å²) in [4.78, 5) is 9.73. The van der Waals surface area contributed by atoms with E-state index >= 15 is 0 Å². The molecule has 0 radical (unpaired) electrons. The molecular weight excluding hydrogens is 476 g/mol. The fourth-order valence-corrected chi connectivity index (χ4v) is 1.55. The highest BCUT2D eigenvalue weighted by Crippen LogP contribution is 2.64. The molecule has 0 spiro atoms. The Morgan fingerprint density at radius 3 is 1.00 bits per heavy atom. The Bertz CT molecular complexity index is 591. The summed E-state index contributed by atoms with van der Waals surface area (Å²) in [6.07, 6.45) is -4.30. The zero-order valence-corrected chi connectivity index (χ0v) is 12.9. The molecule has 0 amide bonds. The van der Waals surface area contributed by atoms with Crippen LogP contribution in [0.1, 0.15) is 6.42 Å². The Kier molecular flexibility index (Phi) is 6.41. The van der Waals surface area contributed by atoms with Crippen molar-refractivity contribution in [3.8, 4) is 0 Å². The van der Waals surface area contributed by atoms with E-state index in [1.165, 1.54) is 0 Å². The first-order valence-electron chi connectivity index (χ1n) is 5.96. The van der Waals surface area contributed by atoms with Crippen molar-refractivity contribution in [2.24, 2.45) is 0 Å². The average Bonchev–Trinajstić information content (AvgIpc) is 2.44. The van der Waals surface area contributed by atoms with Gasteiger partial charge in [-0.15, -0.1) is 0 Å². The third kappa shape index (κ3) is 3.26. The van der Waals surface area contributed by atoms with Crippen molar-refractivity contribution in [2.45, 2.75) is 53.3 Å². The maximum absolute atomic E-state index is 13.2. The van der Waals surface area contributed by atoms with Crippen LogP contribution in [0.2, 0.25) is 0 Å². The lowest BCUT2D eigenvalue weighted by atomic mass is 9.88. The lowest BCUT2D eigenvalue weighted by Gasteiger charge is -2.42. The van der Waals surface area contributed by atoms with Crippen LogP contribution in [-0.2, 0) is 4.79 Å². The van der Waals surface area contributed by atoms with Gasteiger partial charge in [0.15, 0.2) is 0 Å². The number of rotatable bonds is 9. The second-order valence-electron chi connectivity index (χ2n) is 5.02. The molecule has 0 fully saturated rings. The number of aldehydes is 1. The average molecular weight is 479 g/mol. The maximum Gasteiger partial charge on any atom is 0.393 e. The molecule has 0 bridgehead atoms. The van der Waals surface area contributed by atoms with E-state index in [1.807, 2.05) is 0 Å².